The van der Waals surface area contributed by atoms with E-state index in [0.717, 1.165) is 17.1 Å². The molecule has 0 radical (unpaired) electrons. The number of hydrogen-bond acceptors (Lipinski definition) is 1. The fourth-order valence-electron chi connectivity index (χ4n) is 7.92. The maximum atomic E-state index is 2.41. The molecule has 238 valence electrons. The molecule has 8 aromatic rings. The number of benzene rings is 8. The normalized spacial score (nSPS) is 12.8. The van der Waals surface area contributed by atoms with Crippen LogP contribution in [0.25, 0.3) is 55.3 Å². The van der Waals surface area contributed by atoms with Crippen molar-refractivity contribution in [2.45, 2.75) is 19.3 Å². The minimum absolute atomic E-state index is 0.00148. The number of hydrogen-bond donors (Lipinski definition) is 0. The fourth-order valence-corrected chi connectivity index (χ4v) is 7.92. The Morgan fingerprint density at radius 2 is 0.920 bits per heavy atom. The molecule has 1 aliphatic carbocycles. The van der Waals surface area contributed by atoms with Crippen LogP contribution in [0.4, 0.5) is 17.1 Å². The highest BCUT2D eigenvalue weighted by atomic mass is 15.1. The molecule has 0 spiro atoms. The standard InChI is InChI=1S/C49H37N/c1-49(2)46-23-13-11-21-43(46)45-32-38-31-36(25-26-37(38)33-47(45)49)34-27-29-40(30-28-34)50(39-17-7-4-8-18-39)48-24-14-12-22-44(48)42-20-10-9-19-41(42)35-15-5-3-6-16-35/h3-33H,1-2H3. The molecule has 0 heterocycles. The van der Waals surface area contributed by atoms with Crippen LogP contribution in [0.15, 0.2) is 188 Å². The van der Waals surface area contributed by atoms with E-state index < -0.39 is 0 Å². The summed E-state index contributed by atoms with van der Waals surface area (Å²) in [6.45, 7) is 4.69. The van der Waals surface area contributed by atoms with E-state index in [-0.39, 0.29) is 5.41 Å². The third-order valence-electron chi connectivity index (χ3n) is 10.5. The molecule has 0 fully saturated rings. The monoisotopic (exact) mass is 639 g/mol. The zero-order valence-electron chi connectivity index (χ0n) is 28.3. The van der Waals surface area contributed by atoms with Crippen molar-refractivity contribution in [3.8, 4) is 44.5 Å². The molecule has 8 aromatic carbocycles. The molecule has 9 rings (SSSR count). The van der Waals surface area contributed by atoms with Crippen molar-refractivity contribution in [1.29, 1.82) is 0 Å². The minimum atomic E-state index is 0.00148. The van der Waals surface area contributed by atoms with Crippen LogP contribution in [0.3, 0.4) is 0 Å². The Morgan fingerprint density at radius 3 is 1.68 bits per heavy atom. The van der Waals surface area contributed by atoms with Gasteiger partial charge in [-0.2, -0.15) is 0 Å². The molecule has 1 aliphatic rings. The summed E-state index contributed by atoms with van der Waals surface area (Å²) in [5.74, 6) is 0. The Balaban J connectivity index is 1.13. The van der Waals surface area contributed by atoms with Gasteiger partial charge in [-0.1, -0.05) is 153 Å². The van der Waals surface area contributed by atoms with Crippen LogP contribution in [-0.4, -0.2) is 0 Å². The first-order valence-electron chi connectivity index (χ1n) is 17.4. The maximum Gasteiger partial charge on any atom is 0.0540 e. The molecule has 0 aromatic heterocycles. The van der Waals surface area contributed by atoms with Gasteiger partial charge in [0.2, 0.25) is 0 Å². The Kier molecular flexibility index (Phi) is 7.21. The lowest BCUT2D eigenvalue weighted by molar-refractivity contribution is 0.661. The molecule has 0 aliphatic heterocycles. The third kappa shape index (κ3) is 5.02. The van der Waals surface area contributed by atoms with E-state index in [1.165, 1.54) is 66.4 Å². The zero-order valence-corrected chi connectivity index (χ0v) is 28.3. The van der Waals surface area contributed by atoms with Crippen molar-refractivity contribution in [2.24, 2.45) is 0 Å². The first-order valence-corrected chi connectivity index (χ1v) is 17.4. The van der Waals surface area contributed by atoms with Crippen LogP contribution < -0.4 is 4.90 Å². The molecule has 1 heteroatoms. The lowest BCUT2D eigenvalue weighted by Crippen LogP contribution is -2.14. The van der Waals surface area contributed by atoms with Crippen molar-refractivity contribution < 1.29 is 0 Å². The average Bonchev–Trinajstić information content (AvgIpc) is 3.40. The Morgan fingerprint density at radius 1 is 0.340 bits per heavy atom. The summed E-state index contributed by atoms with van der Waals surface area (Å²) in [6.07, 6.45) is 0. The van der Waals surface area contributed by atoms with Crippen LogP contribution in [0.1, 0.15) is 25.0 Å². The second-order valence-corrected chi connectivity index (χ2v) is 13.8. The van der Waals surface area contributed by atoms with Gasteiger partial charge in [-0.05, 0) is 109 Å². The van der Waals surface area contributed by atoms with E-state index in [4.69, 9.17) is 0 Å². The van der Waals surface area contributed by atoms with E-state index >= 15 is 0 Å². The minimum Gasteiger partial charge on any atom is -0.310 e. The van der Waals surface area contributed by atoms with Gasteiger partial charge in [0, 0.05) is 22.4 Å². The molecule has 0 atom stereocenters. The highest BCUT2D eigenvalue weighted by Gasteiger charge is 2.35. The van der Waals surface area contributed by atoms with Gasteiger partial charge in [0.05, 0.1) is 5.69 Å². The summed E-state index contributed by atoms with van der Waals surface area (Å²) in [5, 5.41) is 2.56. The van der Waals surface area contributed by atoms with Gasteiger partial charge in [-0.3, -0.25) is 0 Å². The Hall–Kier alpha value is -6.18. The molecular formula is C49H37N. The van der Waals surface area contributed by atoms with E-state index in [0.29, 0.717) is 0 Å². The summed E-state index contributed by atoms with van der Waals surface area (Å²) in [5.41, 5.74) is 16.2. The summed E-state index contributed by atoms with van der Waals surface area (Å²) in [7, 11) is 0. The predicted molar refractivity (Wildman–Crippen MR) is 213 cm³/mol. The largest absolute Gasteiger partial charge is 0.310 e. The SMILES string of the molecule is CC1(C)c2ccccc2-c2cc3cc(-c4ccc(N(c5ccccc5)c5ccccc5-c5ccccc5-c5ccccc5)cc4)ccc3cc21. The van der Waals surface area contributed by atoms with E-state index in [2.05, 4.69) is 207 Å². The molecule has 0 unspecified atom stereocenters. The van der Waals surface area contributed by atoms with Gasteiger partial charge in [-0.15, -0.1) is 0 Å². The second-order valence-electron chi connectivity index (χ2n) is 13.8. The predicted octanol–water partition coefficient (Wildman–Crippen LogP) is 13.6. The fraction of sp³-hybridized carbons (Fsp3) is 0.0612. The van der Waals surface area contributed by atoms with Crippen LogP contribution in [0.5, 0.6) is 0 Å². The zero-order chi connectivity index (χ0) is 33.7. The van der Waals surface area contributed by atoms with Crippen molar-refractivity contribution in [3.63, 3.8) is 0 Å². The maximum absolute atomic E-state index is 2.41. The van der Waals surface area contributed by atoms with Crippen LogP contribution in [0.2, 0.25) is 0 Å². The van der Waals surface area contributed by atoms with Crippen LogP contribution >= 0.6 is 0 Å². The molecular weight excluding hydrogens is 603 g/mol. The van der Waals surface area contributed by atoms with E-state index in [1.54, 1.807) is 0 Å². The highest BCUT2D eigenvalue weighted by molar-refractivity contribution is 5.97. The highest BCUT2D eigenvalue weighted by Crippen LogP contribution is 2.50. The lowest BCUT2D eigenvalue weighted by Gasteiger charge is -2.28. The number of para-hydroxylation sites is 2. The number of fused-ring (bicyclic) bond motifs is 4. The summed E-state index contributed by atoms with van der Waals surface area (Å²) >= 11 is 0. The van der Waals surface area contributed by atoms with E-state index in [1.807, 2.05) is 0 Å². The quantitative estimate of drug-likeness (QED) is 0.175. The topological polar surface area (TPSA) is 3.24 Å². The Bertz CT molecular complexity index is 2490. The number of nitrogens with zero attached hydrogens (tertiary/aromatic N) is 1. The lowest BCUT2D eigenvalue weighted by atomic mass is 9.82. The summed E-state index contributed by atoms with van der Waals surface area (Å²) in [6, 6.07) is 68.5. The molecule has 0 saturated carbocycles. The molecule has 0 bridgehead atoms. The van der Waals surface area contributed by atoms with Crippen molar-refractivity contribution in [2.75, 3.05) is 4.90 Å². The van der Waals surface area contributed by atoms with E-state index in [9.17, 15) is 0 Å². The van der Waals surface area contributed by atoms with Gasteiger partial charge >= 0.3 is 0 Å². The summed E-state index contributed by atoms with van der Waals surface area (Å²) < 4.78 is 0. The molecule has 1 nitrogen and oxygen atoms in total. The second kappa shape index (κ2) is 12.1. The number of rotatable bonds is 6. The van der Waals surface area contributed by atoms with Crippen LogP contribution in [0, 0.1) is 0 Å². The van der Waals surface area contributed by atoms with Gasteiger partial charge in [0.15, 0.2) is 0 Å². The first-order chi connectivity index (χ1) is 24.6. The molecule has 0 amide bonds. The molecule has 0 saturated heterocycles. The van der Waals surface area contributed by atoms with Gasteiger partial charge in [0.1, 0.15) is 0 Å². The van der Waals surface area contributed by atoms with Crippen molar-refractivity contribution >= 4 is 27.8 Å². The van der Waals surface area contributed by atoms with Crippen molar-refractivity contribution in [3.05, 3.63) is 199 Å². The van der Waals surface area contributed by atoms with Crippen LogP contribution in [-0.2, 0) is 5.41 Å². The van der Waals surface area contributed by atoms with Gasteiger partial charge < -0.3 is 4.90 Å². The van der Waals surface area contributed by atoms with Gasteiger partial charge in [-0.25, -0.2) is 0 Å². The molecule has 50 heavy (non-hydrogen) atoms. The van der Waals surface area contributed by atoms with Crippen molar-refractivity contribution in [1.82, 2.24) is 0 Å². The number of anilines is 3. The Labute approximate surface area is 294 Å². The van der Waals surface area contributed by atoms with Gasteiger partial charge in [0.25, 0.3) is 0 Å². The average molecular weight is 640 g/mol. The first kappa shape index (κ1) is 29.9. The third-order valence-corrected chi connectivity index (χ3v) is 10.5. The summed E-state index contributed by atoms with van der Waals surface area (Å²) in [4.78, 5) is 2.38. The smallest absolute Gasteiger partial charge is 0.0540 e. The molecule has 0 N–H and O–H groups in total.